The van der Waals surface area contributed by atoms with E-state index in [0.717, 1.165) is 11.3 Å². The standard InChI is InChI=1S/C30H26ClN3O7S/c1-5-39-29(36)26-17(4)32-30-33(27(26)21-8-6-7-9-23(21)40-16(2)3)28(35)25(42-30)15-19-11-13-24(41-19)20-12-10-18(34(37)38)14-22(20)31/h6-16,27H,5H2,1-4H3/b25-15+/t27-/m1/s1. The van der Waals surface area contributed by atoms with Crippen LogP contribution in [0.4, 0.5) is 5.69 Å². The summed E-state index contributed by atoms with van der Waals surface area (Å²) in [7, 11) is 0. The van der Waals surface area contributed by atoms with Crippen LogP contribution in [0.15, 0.2) is 80.1 Å². The Morgan fingerprint density at radius 2 is 2.00 bits per heavy atom. The molecule has 216 valence electrons. The van der Waals surface area contributed by atoms with E-state index in [9.17, 15) is 19.7 Å². The number of non-ortho nitro benzene ring substituents is 1. The highest BCUT2D eigenvalue weighted by molar-refractivity contribution is 7.07. The number of rotatable bonds is 8. The van der Waals surface area contributed by atoms with Crippen molar-refractivity contribution in [3.8, 4) is 17.1 Å². The molecule has 0 spiro atoms. The number of fused-ring (bicyclic) bond motifs is 1. The summed E-state index contributed by atoms with van der Waals surface area (Å²) < 4.78 is 19.2. The number of allylic oxidation sites excluding steroid dienone is 1. The maximum atomic E-state index is 13.9. The summed E-state index contributed by atoms with van der Waals surface area (Å²) >= 11 is 7.43. The zero-order chi connectivity index (χ0) is 30.1. The van der Waals surface area contributed by atoms with E-state index >= 15 is 0 Å². The molecule has 0 bridgehead atoms. The van der Waals surface area contributed by atoms with Crippen LogP contribution in [0.5, 0.6) is 5.75 Å². The third kappa shape index (κ3) is 5.53. The molecule has 0 saturated carbocycles. The second kappa shape index (κ2) is 11.8. The molecule has 0 amide bonds. The van der Waals surface area contributed by atoms with Gasteiger partial charge in [-0.1, -0.05) is 41.1 Å². The summed E-state index contributed by atoms with van der Waals surface area (Å²) in [6.07, 6.45) is 1.44. The van der Waals surface area contributed by atoms with Gasteiger partial charge in [-0.25, -0.2) is 9.79 Å². The molecule has 0 radical (unpaired) electrons. The van der Waals surface area contributed by atoms with E-state index in [0.29, 0.717) is 43.4 Å². The largest absolute Gasteiger partial charge is 0.491 e. The molecular weight excluding hydrogens is 582 g/mol. The van der Waals surface area contributed by atoms with Gasteiger partial charge in [-0.2, -0.15) is 0 Å². The number of para-hydroxylation sites is 1. The number of carbonyl (C=O) groups excluding carboxylic acids is 1. The molecule has 4 aromatic rings. The van der Waals surface area contributed by atoms with Gasteiger partial charge in [0.05, 0.1) is 38.5 Å². The monoisotopic (exact) mass is 607 g/mol. The average molecular weight is 608 g/mol. The number of hydrogen-bond donors (Lipinski definition) is 0. The van der Waals surface area contributed by atoms with E-state index in [1.54, 1.807) is 38.1 Å². The van der Waals surface area contributed by atoms with Gasteiger partial charge >= 0.3 is 5.97 Å². The summed E-state index contributed by atoms with van der Waals surface area (Å²) in [6.45, 7) is 7.40. The smallest absolute Gasteiger partial charge is 0.338 e. The Hall–Kier alpha value is -4.48. The molecule has 2 aromatic carbocycles. The van der Waals surface area contributed by atoms with Gasteiger partial charge in [0.15, 0.2) is 4.80 Å². The summed E-state index contributed by atoms with van der Waals surface area (Å²) in [5, 5.41) is 11.2. The maximum Gasteiger partial charge on any atom is 0.338 e. The molecule has 0 N–H and O–H groups in total. The van der Waals surface area contributed by atoms with Gasteiger partial charge in [0.1, 0.15) is 23.3 Å². The van der Waals surface area contributed by atoms with Crippen molar-refractivity contribution in [1.82, 2.24) is 4.57 Å². The Kier molecular flexibility index (Phi) is 8.15. The predicted octanol–water partition coefficient (Wildman–Crippen LogP) is 5.41. The van der Waals surface area contributed by atoms with Crippen molar-refractivity contribution in [2.45, 2.75) is 39.8 Å². The first kappa shape index (κ1) is 29.0. The van der Waals surface area contributed by atoms with Crippen LogP contribution in [-0.4, -0.2) is 28.2 Å². The van der Waals surface area contributed by atoms with Gasteiger partial charge in [0, 0.05) is 29.3 Å². The van der Waals surface area contributed by atoms with Crippen molar-refractivity contribution >= 4 is 40.7 Å². The van der Waals surface area contributed by atoms with Crippen LogP contribution in [0.3, 0.4) is 0 Å². The van der Waals surface area contributed by atoms with Gasteiger partial charge in [-0.05, 0) is 52.0 Å². The fourth-order valence-corrected chi connectivity index (χ4v) is 5.97. The highest BCUT2D eigenvalue weighted by atomic mass is 35.5. The van der Waals surface area contributed by atoms with Crippen LogP contribution in [0, 0.1) is 10.1 Å². The highest BCUT2D eigenvalue weighted by Crippen LogP contribution is 2.36. The van der Waals surface area contributed by atoms with Crippen LogP contribution in [0.25, 0.3) is 17.4 Å². The summed E-state index contributed by atoms with van der Waals surface area (Å²) in [6, 6.07) is 13.9. The lowest BCUT2D eigenvalue weighted by Gasteiger charge is -2.26. The van der Waals surface area contributed by atoms with Crippen LogP contribution in [0.2, 0.25) is 5.02 Å². The zero-order valence-electron chi connectivity index (χ0n) is 23.1. The summed E-state index contributed by atoms with van der Waals surface area (Å²) in [5.74, 6) is 0.727. The Bertz CT molecular complexity index is 1920. The second-order valence-electron chi connectivity index (χ2n) is 9.63. The van der Waals surface area contributed by atoms with E-state index in [2.05, 4.69) is 4.99 Å². The highest BCUT2D eigenvalue weighted by Gasteiger charge is 2.35. The van der Waals surface area contributed by atoms with Crippen molar-refractivity contribution in [1.29, 1.82) is 0 Å². The summed E-state index contributed by atoms with van der Waals surface area (Å²) in [5.41, 5.74) is 1.29. The minimum absolute atomic E-state index is 0.135. The molecule has 0 fully saturated rings. The van der Waals surface area contributed by atoms with Crippen molar-refractivity contribution in [2.24, 2.45) is 4.99 Å². The fourth-order valence-electron chi connectivity index (χ4n) is 4.68. The van der Waals surface area contributed by atoms with Gasteiger partial charge in [-0.15, -0.1) is 0 Å². The van der Waals surface area contributed by atoms with Crippen molar-refractivity contribution in [2.75, 3.05) is 6.61 Å². The molecule has 42 heavy (non-hydrogen) atoms. The van der Waals surface area contributed by atoms with Gasteiger partial charge < -0.3 is 13.9 Å². The molecular formula is C30H26ClN3O7S. The summed E-state index contributed by atoms with van der Waals surface area (Å²) in [4.78, 5) is 42.7. The lowest BCUT2D eigenvalue weighted by molar-refractivity contribution is -0.384. The number of hydrogen-bond acceptors (Lipinski definition) is 9. The van der Waals surface area contributed by atoms with Crippen molar-refractivity contribution < 1.29 is 23.6 Å². The lowest BCUT2D eigenvalue weighted by Crippen LogP contribution is -2.40. The molecule has 12 heteroatoms. The lowest BCUT2D eigenvalue weighted by atomic mass is 9.95. The van der Waals surface area contributed by atoms with E-state index < -0.39 is 16.9 Å². The van der Waals surface area contributed by atoms with Crippen LogP contribution in [0.1, 0.15) is 45.1 Å². The maximum absolute atomic E-state index is 13.9. The van der Waals surface area contributed by atoms with Gasteiger partial charge in [0.2, 0.25) is 0 Å². The minimum atomic E-state index is -0.830. The number of nitro groups is 1. The number of nitro benzene ring substituents is 1. The van der Waals surface area contributed by atoms with Crippen LogP contribution in [-0.2, 0) is 9.53 Å². The molecule has 0 unspecified atom stereocenters. The van der Waals surface area contributed by atoms with Crippen LogP contribution >= 0.6 is 22.9 Å². The van der Waals surface area contributed by atoms with Gasteiger partial charge in [0.25, 0.3) is 11.2 Å². The second-order valence-corrected chi connectivity index (χ2v) is 11.0. The first-order valence-electron chi connectivity index (χ1n) is 13.1. The Morgan fingerprint density at radius 3 is 2.69 bits per heavy atom. The molecule has 2 aromatic heterocycles. The Morgan fingerprint density at radius 1 is 1.24 bits per heavy atom. The molecule has 1 aliphatic rings. The predicted molar refractivity (Wildman–Crippen MR) is 158 cm³/mol. The molecule has 0 saturated heterocycles. The SMILES string of the molecule is CCOC(=O)C1=C(C)N=c2s/c(=C/c3ccc(-c4ccc([N+](=O)[O-])cc4Cl)o3)c(=O)n2[C@@H]1c1ccccc1OC(C)C. The molecule has 10 nitrogen and oxygen atoms in total. The van der Waals surface area contributed by atoms with Crippen LogP contribution < -0.4 is 19.6 Å². The van der Waals surface area contributed by atoms with E-state index in [4.69, 9.17) is 25.5 Å². The normalized spacial score (nSPS) is 15.0. The number of benzene rings is 2. The van der Waals surface area contributed by atoms with Crippen molar-refractivity contribution in [3.05, 3.63) is 112 Å². The van der Waals surface area contributed by atoms with Gasteiger partial charge in [-0.3, -0.25) is 19.5 Å². The number of ether oxygens (including phenoxy) is 2. The molecule has 1 aliphatic heterocycles. The quantitative estimate of drug-likeness (QED) is 0.149. The first-order valence-corrected chi connectivity index (χ1v) is 14.3. The van der Waals surface area contributed by atoms with E-state index in [1.807, 2.05) is 32.0 Å². The Balaban J connectivity index is 1.64. The van der Waals surface area contributed by atoms with Crippen molar-refractivity contribution in [3.63, 3.8) is 0 Å². The third-order valence-electron chi connectivity index (χ3n) is 6.42. The number of nitrogens with zero attached hydrogens (tertiary/aromatic N) is 3. The average Bonchev–Trinajstić information content (AvgIpc) is 3.52. The molecule has 1 atom stereocenters. The third-order valence-corrected chi connectivity index (χ3v) is 7.72. The van der Waals surface area contributed by atoms with E-state index in [1.165, 1.54) is 22.8 Å². The number of esters is 1. The number of halogens is 1. The number of aromatic nitrogens is 1. The fraction of sp³-hybridized carbons (Fsp3) is 0.233. The zero-order valence-corrected chi connectivity index (χ0v) is 24.7. The van der Waals surface area contributed by atoms with E-state index in [-0.39, 0.29) is 34.6 Å². The molecule has 5 rings (SSSR count). The molecule has 3 heterocycles. The number of carbonyl (C=O) groups is 1. The Labute approximate surface area is 248 Å². The first-order chi connectivity index (χ1) is 20.1. The topological polar surface area (TPSA) is 126 Å². The minimum Gasteiger partial charge on any atom is -0.491 e. The molecule has 0 aliphatic carbocycles. The number of thiazole rings is 1. The number of furan rings is 1.